The summed E-state index contributed by atoms with van der Waals surface area (Å²) in [7, 11) is 0. The van der Waals surface area contributed by atoms with Crippen LogP contribution in [-0.2, 0) is 11.3 Å². The van der Waals surface area contributed by atoms with Gasteiger partial charge in [-0.25, -0.2) is 9.97 Å². The van der Waals surface area contributed by atoms with Crippen molar-refractivity contribution in [1.29, 1.82) is 0 Å². The molecule has 0 spiro atoms. The first-order chi connectivity index (χ1) is 8.25. The second-order valence-electron chi connectivity index (χ2n) is 4.86. The van der Waals surface area contributed by atoms with Crippen LogP contribution in [0.15, 0.2) is 12.3 Å². The van der Waals surface area contributed by atoms with Gasteiger partial charge in [-0.05, 0) is 18.9 Å². The predicted molar refractivity (Wildman–Crippen MR) is 66.8 cm³/mol. The standard InChI is InChI=1S/C13H21N3O/c1-10(2)15-8-12-5-6-14-13(16-12)11-4-3-7-17-9-11/h5-6,10-11,15H,3-4,7-9H2,1-2H3. The van der Waals surface area contributed by atoms with Crippen molar-refractivity contribution in [3.05, 3.63) is 23.8 Å². The molecule has 4 nitrogen and oxygen atoms in total. The van der Waals surface area contributed by atoms with Crippen molar-refractivity contribution in [2.75, 3.05) is 13.2 Å². The van der Waals surface area contributed by atoms with Gasteiger partial charge >= 0.3 is 0 Å². The van der Waals surface area contributed by atoms with E-state index in [1.807, 2.05) is 12.3 Å². The minimum Gasteiger partial charge on any atom is -0.381 e. The molecule has 1 aliphatic rings. The third-order valence-corrected chi connectivity index (χ3v) is 2.95. The molecule has 1 saturated heterocycles. The van der Waals surface area contributed by atoms with Crippen molar-refractivity contribution in [1.82, 2.24) is 15.3 Å². The maximum atomic E-state index is 5.48. The van der Waals surface area contributed by atoms with Gasteiger partial charge in [0.15, 0.2) is 0 Å². The van der Waals surface area contributed by atoms with E-state index < -0.39 is 0 Å². The number of nitrogens with one attached hydrogen (secondary N) is 1. The van der Waals surface area contributed by atoms with E-state index >= 15 is 0 Å². The highest BCUT2D eigenvalue weighted by molar-refractivity contribution is 5.06. The Morgan fingerprint density at radius 1 is 1.53 bits per heavy atom. The van der Waals surface area contributed by atoms with E-state index in [1.165, 1.54) is 0 Å². The zero-order valence-corrected chi connectivity index (χ0v) is 10.6. The average molecular weight is 235 g/mol. The molecule has 0 radical (unpaired) electrons. The Kier molecular flexibility index (Phi) is 4.45. The van der Waals surface area contributed by atoms with Crippen molar-refractivity contribution < 1.29 is 4.74 Å². The summed E-state index contributed by atoms with van der Waals surface area (Å²) in [6, 6.07) is 2.45. The number of aromatic nitrogens is 2. The molecule has 1 aromatic heterocycles. The van der Waals surface area contributed by atoms with Gasteiger partial charge in [0.25, 0.3) is 0 Å². The fourth-order valence-corrected chi connectivity index (χ4v) is 1.96. The molecule has 2 rings (SSSR count). The van der Waals surface area contributed by atoms with Crippen LogP contribution in [0.1, 0.15) is 44.1 Å². The SMILES string of the molecule is CC(C)NCc1ccnc(C2CCCOC2)n1. The van der Waals surface area contributed by atoms with Gasteiger partial charge in [0, 0.05) is 31.3 Å². The average Bonchev–Trinajstić information content (AvgIpc) is 2.38. The number of nitrogens with zero attached hydrogens (tertiary/aromatic N) is 2. The molecule has 1 fully saturated rings. The maximum absolute atomic E-state index is 5.48. The van der Waals surface area contributed by atoms with Crippen molar-refractivity contribution in [3.8, 4) is 0 Å². The van der Waals surface area contributed by atoms with Crippen LogP contribution >= 0.6 is 0 Å². The zero-order valence-electron chi connectivity index (χ0n) is 10.6. The first-order valence-electron chi connectivity index (χ1n) is 6.38. The lowest BCUT2D eigenvalue weighted by Crippen LogP contribution is -2.23. The van der Waals surface area contributed by atoms with Crippen molar-refractivity contribution in [2.45, 2.75) is 45.2 Å². The van der Waals surface area contributed by atoms with Gasteiger partial charge in [0.1, 0.15) is 5.82 Å². The van der Waals surface area contributed by atoms with E-state index in [9.17, 15) is 0 Å². The first-order valence-corrected chi connectivity index (χ1v) is 6.38. The van der Waals surface area contributed by atoms with Gasteiger partial charge in [0.05, 0.1) is 12.3 Å². The molecule has 1 atom stereocenters. The molecule has 17 heavy (non-hydrogen) atoms. The molecule has 4 heteroatoms. The van der Waals surface area contributed by atoms with Crippen LogP contribution in [0, 0.1) is 0 Å². The van der Waals surface area contributed by atoms with Gasteiger partial charge in [-0.2, -0.15) is 0 Å². The summed E-state index contributed by atoms with van der Waals surface area (Å²) in [4.78, 5) is 8.99. The molecule has 1 aromatic rings. The van der Waals surface area contributed by atoms with Crippen LogP contribution in [0.4, 0.5) is 0 Å². The van der Waals surface area contributed by atoms with Gasteiger partial charge in [0.2, 0.25) is 0 Å². The Hall–Kier alpha value is -1.00. The molecule has 1 N–H and O–H groups in total. The van der Waals surface area contributed by atoms with Crippen LogP contribution in [-0.4, -0.2) is 29.2 Å². The number of hydrogen-bond donors (Lipinski definition) is 1. The lowest BCUT2D eigenvalue weighted by molar-refractivity contribution is 0.0780. The van der Waals surface area contributed by atoms with E-state index in [0.717, 1.165) is 44.1 Å². The fourth-order valence-electron chi connectivity index (χ4n) is 1.96. The summed E-state index contributed by atoms with van der Waals surface area (Å²) in [5.41, 5.74) is 1.06. The second-order valence-corrected chi connectivity index (χ2v) is 4.86. The third kappa shape index (κ3) is 3.75. The zero-order chi connectivity index (χ0) is 12.1. The van der Waals surface area contributed by atoms with Crippen LogP contribution in [0.25, 0.3) is 0 Å². The molecule has 94 valence electrons. The Balaban J connectivity index is 2.00. The van der Waals surface area contributed by atoms with Gasteiger partial charge < -0.3 is 10.1 Å². The normalized spacial score (nSPS) is 20.8. The smallest absolute Gasteiger partial charge is 0.133 e. The summed E-state index contributed by atoms with van der Waals surface area (Å²) in [6.45, 7) is 6.72. The lowest BCUT2D eigenvalue weighted by Gasteiger charge is -2.21. The van der Waals surface area contributed by atoms with Crippen molar-refractivity contribution >= 4 is 0 Å². The minimum atomic E-state index is 0.378. The monoisotopic (exact) mass is 235 g/mol. The largest absolute Gasteiger partial charge is 0.381 e. The van der Waals surface area contributed by atoms with Crippen LogP contribution in [0.3, 0.4) is 0 Å². The van der Waals surface area contributed by atoms with Crippen LogP contribution < -0.4 is 5.32 Å². The summed E-state index contributed by atoms with van der Waals surface area (Å²) in [5.74, 6) is 1.32. The highest BCUT2D eigenvalue weighted by Crippen LogP contribution is 2.22. The molecule has 0 aromatic carbocycles. The van der Waals surface area contributed by atoms with E-state index in [2.05, 4.69) is 29.1 Å². The Labute approximate surface area is 103 Å². The molecule has 2 heterocycles. The fraction of sp³-hybridized carbons (Fsp3) is 0.692. The number of rotatable bonds is 4. The molecule has 0 aliphatic carbocycles. The van der Waals surface area contributed by atoms with Gasteiger partial charge in [-0.1, -0.05) is 13.8 Å². The first kappa shape index (κ1) is 12.5. The second kappa shape index (κ2) is 6.07. The van der Waals surface area contributed by atoms with E-state index in [0.29, 0.717) is 12.0 Å². The van der Waals surface area contributed by atoms with E-state index in [4.69, 9.17) is 4.74 Å². The molecular weight excluding hydrogens is 214 g/mol. The summed E-state index contributed by atoms with van der Waals surface area (Å²) >= 11 is 0. The Morgan fingerprint density at radius 3 is 3.12 bits per heavy atom. The Bertz CT molecular complexity index is 348. The molecule has 1 unspecified atom stereocenters. The highest BCUT2D eigenvalue weighted by Gasteiger charge is 2.18. The third-order valence-electron chi connectivity index (χ3n) is 2.95. The topological polar surface area (TPSA) is 47.0 Å². The van der Waals surface area contributed by atoms with Crippen molar-refractivity contribution in [2.24, 2.45) is 0 Å². The van der Waals surface area contributed by atoms with Crippen molar-refractivity contribution in [3.63, 3.8) is 0 Å². The molecule has 0 amide bonds. The summed E-state index contributed by atoms with van der Waals surface area (Å²) in [5, 5.41) is 3.37. The molecular formula is C13H21N3O. The lowest BCUT2D eigenvalue weighted by atomic mass is 10.0. The minimum absolute atomic E-state index is 0.378. The predicted octanol–water partition coefficient (Wildman–Crippen LogP) is 1.87. The highest BCUT2D eigenvalue weighted by atomic mass is 16.5. The summed E-state index contributed by atoms with van der Waals surface area (Å²) in [6.07, 6.45) is 4.11. The quantitative estimate of drug-likeness (QED) is 0.865. The molecule has 0 saturated carbocycles. The number of hydrogen-bond acceptors (Lipinski definition) is 4. The maximum Gasteiger partial charge on any atom is 0.133 e. The van der Waals surface area contributed by atoms with Crippen LogP contribution in [0.5, 0.6) is 0 Å². The van der Waals surface area contributed by atoms with Gasteiger partial charge in [-0.3, -0.25) is 0 Å². The Morgan fingerprint density at radius 2 is 2.41 bits per heavy atom. The van der Waals surface area contributed by atoms with E-state index in [-0.39, 0.29) is 0 Å². The molecule has 1 aliphatic heterocycles. The van der Waals surface area contributed by atoms with E-state index in [1.54, 1.807) is 0 Å². The number of ether oxygens (including phenoxy) is 1. The van der Waals surface area contributed by atoms with Crippen LogP contribution in [0.2, 0.25) is 0 Å². The summed E-state index contributed by atoms with van der Waals surface area (Å²) < 4.78 is 5.48. The van der Waals surface area contributed by atoms with Gasteiger partial charge in [-0.15, -0.1) is 0 Å². The molecule has 0 bridgehead atoms.